The van der Waals surface area contributed by atoms with Crippen molar-refractivity contribution in [3.8, 4) is 22.8 Å². The summed E-state index contributed by atoms with van der Waals surface area (Å²) in [6.45, 7) is 1.52. The molecule has 2 aromatic carbocycles. The van der Waals surface area contributed by atoms with Crippen LogP contribution in [0.15, 0.2) is 48.5 Å². The molecule has 142 valence electrons. The summed E-state index contributed by atoms with van der Waals surface area (Å²) in [5, 5.41) is 3.85. The van der Waals surface area contributed by atoms with E-state index in [2.05, 4.69) is 5.32 Å². The molecule has 5 rings (SSSR count). The van der Waals surface area contributed by atoms with Crippen molar-refractivity contribution in [2.45, 2.75) is 18.9 Å². The first-order chi connectivity index (χ1) is 13.8. The highest BCUT2D eigenvalue weighted by Crippen LogP contribution is 2.36. The maximum atomic E-state index is 12.9. The van der Waals surface area contributed by atoms with Crippen molar-refractivity contribution in [1.29, 1.82) is 0 Å². The molecule has 0 bridgehead atoms. The Kier molecular flexibility index (Phi) is 4.33. The van der Waals surface area contributed by atoms with Gasteiger partial charge in [-0.05, 0) is 43.2 Å². The lowest BCUT2D eigenvalue weighted by atomic mass is 10.0. The highest BCUT2D eigenvalue weighted by molar-refractivity contribution is 6.07. The summed E-state index contributed by atoms with van der Waals surface area (Å²) >= 11 is 0. The molecule has 3 aromatic rings. The van der Waals surface area contributed by atoms with Gasteiger partial charge in [-0.1, -0.05) is 18.2 Å². The quantitative estimate of drug-likeness (QED) is 0.754. The minimum Gasteiger partial charge on any atom is -0.454 e. The van der Waals surface area contributed by atoms with Crippen LogP contribution in [-0.4, -0.2) is 36.9 Å². The Hall–Kier alpha value is -3.12. The molecule has 0 spiro atoms. The van der Waals surface area contributed by atoms with Gasteiger partial charge in [0.05, 0.1) is 22.9 Å². The molecule has 0 aliphatic carbocycles. The summed E-state index contributed by atoms with van der Waals surface area (Å²) < 4.78 is 16.5. The van der Waals surface area contributed by atoms with Gasteiger partial charge in [0.15, 0.2) is 11.5 Å². The minimum atomic E-state index is -0.115. The average Bonchev–Trinajstić information content (AvgIpc) is 3.42. The van der Waals surface area contributed by atoms with Gasteiger partial charge in [-0.15, -0.1) is 0 Å². The number of rotatable bonds is 4. The lowest BCUT2D eigenvalue weighted by molar-refractivity contribution is 0.0859. The largest absolute Gasteiger partial charge is 0.454 e. The highest BCUT2D eigenvalue weighted by atomic mass is 16.7. The van der Waals surface area contributed by atoms with E-state index in [-0.39, 0.29) is 18.8 Å². The fourth-order valence-corrected chi connectivity index (χ4v) is 3.67. The van der Waals surface area contributed by atoms with Crippen LogP contribution in [0.25, 0.3) is 22.2 Å². The number of benzene rings is 2. The molecule has 1 atom stereocenters. The minimum absolute atomic E-state index is 0.102. The van der Waals surface area contributed by atoms with Gasteiger partial charge >= 0.3 is 0 Å². The molecule has 0 saturated carbocycles. The molecule has 1 saturated heterocycles. The smallest absolute Gasteiger partial charge is 0.252 e. The molecule has 0 unspecified atom stereocenters. The van der Waals surface area contributed by atoms with Crippen LogP contribution in [-0.2, 0) is 4.74 Å². The number of para-hydroxylation sites is 1. The molecule has 6 heteroatoms. The van der Waals surface area contributed by atoms with Crippen molar-refractivity contribution in [3.63, 3.8) is 0 Å². The Morgan fingerprint density at radius 2 is 2.00 bits per heavy atom. The van der Waals surface area contributed by atoms with Crippen LogP contribution in [0.3, 0.4) is 0 Å². The van der Waals surface area contributed by atoms with E-state index in [0.29, 0.717) is 17.9 Å². The van der Waals surface area contributed by atoms with Crippen LogP contribution < -0.4 is 14.8 Å². The maximum absolute atomic E-state index is 12.9. The molecule has 1 amide bonds. The number of hydrogen-bond donors (Lipinski definition) is 1. The topological polar surface area (TPSA) is 69.7 Å². The molecular formula is C22H20N2O4. The summed E-state index contributed by atoms with van der Waals surface area (Å²) in [6, 6.07) is 15.2. The second-order valence-corrected chi connectivity index (χ2v) is 6.99. The lowest BCUT2D eigenvalue weighted by Crippen LogP contribution is -2.31. The predicted molar refractivity (Wildman–Crippen MR) is 105 cm³/mol. The number of fused-ring (bicyclic) bond motifs is 2. The fraction of sp³-hybridized carbons (Fsp3) is 0.273. The third-order valence-corrected chi connectivity index (χ3v) is 5.14. The Bertz CT molecular complexity index is 1040. The molecule has 2 aliphatic rings. The normalized spacial score (nSPS) is 17.8. The van der Waals surface area contributed by atoms with E-state index in [0.717, 1.165) is 47.4 Å². The second kappa shape index (κ2) is 7.13. The molecule has 1 N–H and O–H groups in total. The van der Waals surface area contributed by atoms with Crippen molar-refractivity contribution in [2.24, 2.45) is 0 Å². The molecule has 2 aliphatic heterocycles. The van der Waals surface area contributed by atoms with Crippen molar-refractivity contribution in [2.75, 3.05) is 19.9 Å². The number of ether oxygens (including phenoxy) is 3. The van der Waals surface area contributed by atoms with Gasteiger partial charge in [-0.25, -0.2) is 4.98 Å². The second-order valence-electron chi connectivity index (χ2n) is 6.99. The number of carbonyl (C=O) groups excluding carboxylic acids is 1. The van der Waals surface area contributed by atoms with Crippen molar-refractivity contribution in [1.82, 2.24) is 10.3 Å². The number of nitrogens with one attached hydrogen (secondary N) is 1. The Labute approximate surface area is 162 Å². The van der Waals surface area contributed by atoms with Gasteiger partial charge < -0.3 is 19.5 Å². The Morgan fingerprint density at radius 3 is 2.89 bits per heavy atom. The Balaban J connectivity index is 1.51. The number of carbonyl (C=O) groups is 1. The molecule has 1 aromatic heterocycles. The summed E-state index contributed by atoms with van der Waals surface area (Å²) in [5.74, 6) is 1.30. The van der Waals surface area contributed by atoms with Crippen molar-refractivity contribution in [3.05, 3.63) is 54.1 Å². The van der Waals surface area contributed by atoms with Gasteiger partial charge in [0.1, 0.15) is 0 Å². The summed E-state index contributed by atoms with van der Waals surface area (Å²) in [4.78, 5) is 17.7. The van der Waals surface area contributed by atoms with Gasteiger partial charge in [-0.2, -0.15) is 0 Å². The van der Waals surface area contributed by atoms with Crippen LogP contribution in [0.1, 0.15) is 23.2 Å². The number of hydrogen-bond acceptors (Lipinski definition) is 5. The van der Waals surface area contributed by atoms with Crippen LogP contribution in [0.5, 0.6) is 11.5 Å². The molecule has 1 fully saturated rings. The molecule has 28 heavy (non-hydrogen) atoms. The van der Waals surface area contributed by atoms with Gasteiger partial charge in [0, 0.05) is 24.1 Å². The van der Waals surface area contributed by atoms with E-state index < -0.39 is 0 Å². The summed E-state index contributed by atoms with van der Waals surface area (Å²) in [6.07, 6.45) is 2.14. The van der Waals surface area contributed by atoms with Crippen LogP contribution in [0.4, 0.5) is 0 Å². The fourth-order valence-electron chi connectivity index (χ4n) is 3.67. The zero-order valence-corrected chi connectivity index (χ0v) is 15.3. The van der Waals surface area contributed by atoms with Gasteiger partial charge in [0.25, 0.3) is 5.91 Å². The standard InChI is InChI=1S/C22H20N2O4/c25-22(23-12-15-4-3-9-26-15)17-11-19(24-18-6-2-1-5-16(17)18)14-7-8-20-21(10-14)28-13-27-20/h1-2,5-8,10-11,15H,3-4,9,12-13H2,(H,23,25)/t15-/m1/s1. The zero-order chi connectivity index (χ0) is 18.9. The first-order valence-corrected chi connectivity index (χ1v) is 9.47. The van der Waals surface area contributed by atoms with Crippen LogP contribution >= 0.6 is 0 Å². The van der Waals surface area contributed by atoms with E-state index in [1.807, 2.05) is 48.5 Å². The number of amides is 1. The van der Waals surface area contributed by atoms with Crippen LogP contribution in [0.2, 0.25) is 0 Å². The monoisotopic (exact) mass is 376 g/mol. The molecule has 3 heterocycles. The third-order valence-electron chi connectivity index (χ3n) is 5.14. The van der Waals surface area contributed by atoms with E-state index in [4.69, 9.17) is 19.2 Å². The number of nitrogens with zero attached hydrogens (tertiary/aromatic N) is 1. The van der Waals surface area contributed by atoms with Crippen molar-refractivity contribution >= 4 is 16.8 Å². The first-order valence-electron chi connectivity index (χ1n) is 9.47. The van der Waals surface area contributed by atoms with Gasteiger partial charge in [-0.3, -0.25) is 4.79 Å². The molecular weight excluding hydrogens is 356 g/mol. The zero-order valence-electron chi connectivity index (χ0n) is 15.3. The number of aromatic nitrogens is 1. The molecule has 6 nitrogen and oxygen atoms in total. The van der Waals surface area contributed by atoms with E-state index in [1.54, 1.807) is 0 Å². The number of pyridine rings is 1. The highest BCUT2D eigenvalue weighted by Gasteiger charge is 2.20. The van der Waals surface area contributed by atoms with Crippen molar-refractivity contribution < 1.29 is 19.0 Å². The summed E-state index contributed by atoms with van der Waals surface area (Å²) in [7, 11) is 0. The Morgan fingerprint density at radius 1 is 1.11 bits per heavy atom. The van der Waals surface area contributed by atoms with E-state index in [1.165, 1.54) is 0 Å². The maximum Gasteiger partial charge on any atom is 0.252 e. The average molecular weight is 376 g/mol. The van der Waals surface area contributed by atoms with E-state index >= 15 is 0 Å². The van der Waals surface area contributed by atoms with Gasteiger partial charge in [0.2, 0.25) is 6.79 Å². The molecule has 0 radical (unpaired) electrons. The third kappa shape index (κ3) is 3.16. The predicted octanol–water partition coefficient (Wildman–Crippen LogP) is 3.54. The van der Waals surface area contributed by atoms with Crippen LogP contribution in [0, 0.1) is 0 Å². The lowest BCUT2D eigenvalue weighted by Gasteiger charge is -2.13. The SMILES string of the molecule is O=C(NC[C@H]1CCCO1)c1cc(-c2ccc3c(c2)OCO3)nc2ccccc12. The summed E-state index contributed by atoms with van der Waals surface area (Å²) in [5.41, 5.74) is 2.98. The van der Waals surface area contributed by atoms with E-state index in [9.17, 15) is 4.79 Å². The first kappa shape index (κ1) is 17.0.